The Bertz CT molecular complexity index is 595. The van der Waals surface area contributed by atoms with E-state index >= 15 is 0 Å². The van der Waals surface area contributed by atoms with Crippen LogP contribution in [-0.2, 0) is 0 Å². The molecule has 1 aromatic rings. The number of nitrogens with one attached hydrogen (secondary N) is 3. The van der Waals surface area contributed by atoms with Crippen LogP contribution < -0.4 is 16.0 Å². The van der Waals surface area contributed by atoms with Gasteiger partial charge in [-0.15, -0.1) is 0 Å². The minimum atomic E-state index is -0.176. The summed E-state index contributed by atoms with van der Waals surface area (Å²) in [5.41, 5.74) is 1.35. The zero-order valence-corrected chi connectivity index (χ0v) is 15.0. The van der Waals surface area contributed by atoms with E-state index in [1.807, 2.05) is 0 Å². The quantitative estimate of drug-likeness (QED) is 0.699. The van der Waals surface area contributed by atoms with Crippen LogP contribution in [-0.4, -0.2) is 24.0 Å². The molecule has 136 valence electrons. The largest absolute Gasteiger partial charge is 0.349 e. The first-order valence-corrected chi connectivity index (χ1v) is 9.64. The molecule has 2 fully saturated rings. The molecule has 3 N–H and O–H groups in total. The van der Waals surface area contributed by atoms with E-state index < -0.39 is 0 Å². The van der Waals surface area contributed by atoms with Crippen molar-refractivity contribution in [2.45, 2.75) is 70.4 Å². The lowest BCUT2D eigenvalue weighted by Gasteiger charge is -2.21. The van der Waals surface area contributed by atoms with E-state index in [2.05, 4.69) is 22.9 Å². The molecule has 2 unspecified atom stereocenters. The zero-order chi connectivity index (χ0) is 17.6. The van der Waals surface area contributed by atoms with Crippen LogP contribution in [0.3, 0.4) is 0 Å². The molecule has 0 aromatic heterocycles. The number of anilines is 1. The fraction of sp³-hybridized carbons (Fsp3) is 0.600. The molecule has 0 saturated heterocycles. The molecular formula is C20H29N3O2. The van der Waals surface area contributed by atoms with Gasteiger partial charge in [0.25, 0.3) is 5.91 Å². The molecule has 0 aliphatic heterocycles. The average Bonchev–Trinajstić information content (AvgIpc) is 3.30. The highest BCUT2D eigenvalue weighted by Gasteiger charge is 2.28. The van der Waals surface area contributed by atoms with Crippen molar-refractivity contribution >= 4 is 17.6 Å². The Labute approximate surface area is 150 Å². The Balaban J connectivity index is 1.50. The lowest BCUT2D eigenvalue weighted by atomic mass is 9.96. The molecule has 3 rings (SSSR count). The van der Waals surface area contributed by atoms with Crippen molar-refractivity contribution in [3.63, 3.8) is 0 Å². The summed E-state index contributed by atoms with van der Waals surface area (Å²) in [5, 5.41) is 8.89. The normalized spacial score (nSPS) is 22.4. The molecule has 5 nitrogen and oxygen atoms in total. The predicted molar refractivity (Wildman–Crippen MR) is 99.7 cm³/mol. The molecule has 0 radical (unpaired) electrons. The third-order valence-electron chi connectivity index (χ3n) is 5.22. The number of hydrogen-bond donors (Lipinski definition) is 3. The Kier molecular flexibility index (Phi) is 5.95. The third-order valence-corrected chi connectivity index (χ3v) is 5.22. The van der Waals surface area contributed by atoms with Gasteiger partial charge in [-0.1, -0.05) is 26.2 Å². The van der Waals surface area contributed by atoms with E-state index in [9.17, 15) is 9.59 Å². The second-order valence-corrected chi connectivity index (χ2v) is 7.36. The highest BCUT2D eigenvalue weighted by atomic mass is 16.2. The molecule has 2 atom stereocenters. The lowest BCUT2D eigenvalue weighted by Crippen LogP contribution is -2.37. The van der Waals surface area contributed by atoms with Crippen molar-refractivity contribution in [1.82, 2.24) is 10.6 Å². The summed E-state index contributed by atoms with van der Waals surface area (Å²) in [5.74, 6) is 0.610. The van der Waals surface area contributed by atoms with Crippen molar-refractivity contribution in [3.8, 4) is 0 Å². The smallest absolute Gasteiger partial charge is 0.319 e. The molecular weight excluding hydrogens is 314 g/mol. The van der Waals surface area contributed by atoms with Gasteiger partial charge in [-0.3, -0.25) is 4.79 Å². The van der Waals surface area contributed by atoms with Crippen LogP contribution in [0, 0.1) is 5.92 Å². The van der Waals surface area contributed by atoms with Crippen molar-refractivity contribution in [3.05, 3.63) is 29.8 Å². The molecule has 0 spiro atoms. The van der Waals surface area contributed by atoms with Crippen LogP contribution >= 0.6 is 0 Å². The molecule has 2 saturated carbocycles. The van der Waals surface area contributed by atoms with Crippen molar-refractivity contribution in [1.29, 1.82) is 0 Å². The Morgan fingerprint density at radius 2 is 1.80 bits per heavy atom. The molecule has 0 heterocycles. The molecule has 2 aliphatic rings. The molecule has 1 aromatic carbocycles. The van der Waals surface area contributed by atoms with Gasteiger partial charge in [-0.25, -0.2) is 4.79 Å². The van der Waals surface area contributed by atoms with E-state index in [0.717, 1.165) is 19.3 Å². The van der Waals surface area contributed by atoms with Crippen LogP contribution in [0.1, 0.15) is 68.6 Å². The first-order chi connectivity index (χ1) is 12.2. The monoisotopic (exact) mass is 343 g/mol. The van der Waals surface area contributed by atoms with Gasteiger partial charge in [0.1, 0.15) is 0 Å². The minimum Gasteiger partial charge on any atom is -0.349 e. The molecule has 2 aliphatic carbocycles. The number of rotatable bonds is 7. The molecule has 5 heteroatoms. The van der Waals surface area contributed by atoms with Gasteiger partial charge in [0.2, 0.25) is 0 Å². The van der Waals surface area contributed by atoms with Crippen molar-refractivity contribution < 1.29 is 9.59 Å². The number of unbranched alkanes of at least 4 members (excludes halogenated alkanes) is 1. The first-order valence-electron chi connectivity index (χ1n) is 9.64. The summed E-state index contributed by atoms with van der Waals surface area (Å²) in [6.07, 6.45) is 9.30. The summed E-state index contributed by atoms with van der Waals surface area (Å²) >= 11 is 0. The zero-order valence-electron chi connectivity index (χ0n) is 15.0. The van der Waals surface area contributed by atoms with Gasteiger partial charge in [0.05, 0.1) is 0 Å². The fourth-order valence-electron chi connectivity index (χ4n) is 3.58. The SMILES string of the molecule is CCCCC1CCCC1NC(=O)c1ccc(NC(=O)NC2CC2)cc1. The van der Waals surface area contributed by atoms with Crippen LogP contribution in [0.5, 0.6) is 0 Å². The summed E-state index contributed by atoms with van der Waals surface area (Å²) in [6, 6.07) is 7.58. The van der Waals surface area contributed by atoms with Gasteiger partial charge in [0, 0.05) is 23.3 Å². The Morgan fingerprint density at radius 3 is 2.48 bits per heavy atom. The fourth-order valence-corrected chi connectivity index (χ4v) is 3.58. The topological polar surface area (TPSA) is 70.2 Å². The standard InChI is InChI=1S/C20H29N3O2/c1-2-3-5-14-6-4-7-18(14)23-19(24)15-8-10-16(11-9-15)21-20(25)22-17-12-13-17/h8-11,14,17-18H,2-7,12-13H2,1H3,(H,23,24)(H2,21,22,25). The van der Waals surface area contributed by atoms with Crippen LogP contribution in [0.15, 0.2) is 24.3 Å². The number of hydrogen-bond acceptors (Lipinski definition) is 2. The minimum absolute atomic E-state index is 0.0117. The maximum atomic E-state index is 12.5. The number of amides is 3. The number of carbonyl (C=O) groups excluding carboxylic acids is 2. The highest BCUT2D eigenvalue weighted by molar-refractivity contribution is 5.95. The number of carbonyl (C=O) groups is 2. The Morgan fingerprint density at radius 1 is 1.04 bits per heavy atom. The van der Waals surface area contributed by atoms with Gasteiger partial charge in [-0.05, 0) is 62.3 Å². The number of benzene rings is 1. The molecule has 0 bridgehead atoms. The van der Waals surface area contributed by atoms with Gasteiger partial charge >= 0.3 is 6.03 Å². The van der Waals surface area contributed by atoms with Crippen LogP contribution in [0.2, 0.25) is 0 Å². The summed E-state index contributed by atoms with van der Waals surface area (Å²) in [7, 11) is 0. The van der Waals surface area contributed by atoms with Gasteiger partial charge in [-0.2, -0.15) is 0 Å². The van der Waals surface area contributed by atoms with Gasteiger partial charge in [0.15, 0.2) is 0 Å². The molecule has 25 heavy (non-hydrogen) atoms. The summed E-state index contributed by atoms with van der Waals surface area (Å²) < 4.78 is 0. The molecule has 3 amide bonds. The highest BCUT2D eigenvalue weighted by Crippen LogP contribution is 2.30. The lowest BCUT2D eigenvalue weighted by molar-refractivity contribution is 0.0926. The van der Waals surface area contributed by atoms with Crippen molar-refractivity contribution in [2.75, 3.05) is 5.32 Å². The average molecular weight is 343 g/mol. The Hall–Kier alpha value is -2.04. The van der Waals surface area contributed by atoms with Gasteiger partial charge < -0.3 is 16.0 Å². The first kappa shape index (κ1) is 17.8. The maximum Gasteiger partial charge on any atom is 0.319 e. The van der Waals surface area contributed by atoms with Crippen LogP contribution in [0.4, 0.5) is 10.5 Å². The maximum absolute atomic E-state index is 12.5. The number of urea groups is 1. The van der Waals surface area contributed by atoms with E-state index in [0.29, 0.717) is 29.3 Å². The van der Waals surface area contributed by atoms with Crippen molar-refractivity contribution in [2.24, 2.45) is 5.92 Å². The second-order valence-electron chi connectivity index (χ2n) is 7.36. The van der Waals surface area contributed by atoms with Crippen LogP contribution in [0.25, 0.3) is 0 Å². The van der Waals surface area contributed by atoms with E-state index in [-0.39, 0.29) is 11.9 Å². The summed E-state index contributed by atoms with van der Waals surface area (Å²) in [4.78, 5) is 24.2. The predicted octanol–water partition coefficient (Wildman–Crippen LogP) is 4.06. The summed E-state index contributed by atoms with van der Waals surface area (Å²) in [6.45, 7) is 2.21. The third kappa shape index (κ3) is 5.21. The second kappa shape index (κ2) is 8.37. The van der Waals surface area contributed by atoms with E-state index in [1.165, 1.54) is 32.1 Å². The van der Waals surface area contributed by atoms with E-state index in [4.69, 9.17) is 0 Å². The van der Waals surface area contributed by atoms with E-state index in [1.54, 1.807) is 24.3 Å².